The number of nitrogens with zero attached hydrogens (tertiary/aromatic N) is 3. The second kappa shape index (κ2) is 5.97. The standard InChI is InChI=1S/C15H20N4S/c1-3-8-16-15(13-9-17-18-19(13)2)12-10-20-14-7-5-4-6-11(12)14/h4-7,9,12,15-16H,3,8,10H2,1-2H3. The van der Waals surface area contributed by atoms with Crippen LogP contribution in [0.2, 0.25) is 0 Å². The van der Waals surface area contributed by atoms with Gasteiger partial charge in [-0.25, -0.2) is 0 Å². The van der Waals surface area contributed by atoms with Crippen molar-refractivity contribution >= 4 is 11.8 Å². The Morgan fingerprint density at radius 1 is 1.45 bits per heavy atom. The number of aromatic nitrogens is 3. The molecule has 2 atom stereocenters. The van der Waals surface area contributed by atoms with Gasteiger partial charge in [-0.1, -0.05) is 30.3 Å². The van der Waals surface area contributed by atoms with Crippen LogP contribution >= 0.6 is 11.8 Å². The predicted octanol–water partition coefficient (Wildman–Crippen LogP) is 2.75. The van der Waals surface area contributed by atoms with Crippen molar-refractivity contribution in [3.8, 4) is 0 Å². The maximum absolute atomic E-state index is 4.09. The van der Waals surface area contributed by atoms with Gasteiger partial charge < -0.3 is 5.32 Å². The number of aryl methyl sites for hydroxylation is 1. The topological polar surface area (TPSA) is 42.7 Å². The van der Waals surface area contributed by atoms with Crippen LogP contribution in [0, 0.1) is 0 Å². The molecule has 0 saturated heterocycles. The van der Waals surface area contributed by atoms with Gasteiger partial charge in [-0.2, -0.15) is 0 Å². The largest absolute Gasteiger partial charge is 0.308 e. The van der Waals surface area contributed by atoms with E-state index in [4.69, 9.17) is 0 Å². The molecular formula is C15H20N4S. The SMILES string of the molecule is CCCNC(c1cnnn1C)C1CSc2ccccc21. The Hall–Kier alpha value is -1.33. The summed E-state index contributed by atoms with van der Waals surface area (Å²) in [4.78, 5) is 1.41. The first-order valence-corrected chi connectivity index (χ1v) is 8.09. The second-order valence-corrected chi connectivity index (χ2v) is 6.23. The molecule has 106 valence electrons. The molecule has 1 aromatic heterocycles. The molecule has 0 amide bonds. The number of hydrogen-bond donors (Lipinski definition) is 1. The molecule has 0 spiro atoms. The molecule has 2 heterocycles. The number of thioether (sulfide) groups is 1. The maximum atomic E-state index is 4.09. The van der Waals surface area contributed by atoms with Gasteiger partial charge in [-0.15, -0.1) is 16.9 Å². The quantitative estimate of drug-likeness (QED) is 0.918. The smallest absolute Gasteiger partial charge is 0.0759 e. The average molecular weight is 288 g/mol. The Balaban J connectivity index is 1.93. The van der Waals surface area contributed by atoms with E-state index in [0.29, 0.717) is 5.92 Å². The summed E-state index contributed by atoms with van der Waals surface area (Å²) in [5.41, 5.74) is 2.62. The van der Waals surface area contributed by atoms with E-state index in [9.17, 15) is 0 Å². The van der Waals surface area contributed by atoms with Crippen LogP contribution < -0.4 is 5.32 Å². The predicted molar refractivity (Wildman–Crippen MR) is 81.9 cm³/mol. The van der Waals surface area contributed by atoms with Crippen molar-refractivity contribution in [1.29, 1.82) is 0 Å². The van der Waals surface area contributed by atoms with E-state index in [1.54, 1.807) is 0 Å². The van der Waals surface area contributed by atoms with Crippen LogP contribution in [0.5, 0.6) is 0 Å². The number of fused-ring (bicyclic) bond motifs is 1. The second-order valence-electron chi connectivity index (χ2n) is 5.17. The molecule has 1 aliphatic heterocycles. The Labute approximate surface area is 124 Å². The molecule has 0 radical (unpaired) electrons. The fourth-order valence-corrected chi connectivity index (χ4v) is 4.09. The first kappa shape index (κ1) is 13.6. The lowest BCUT2D eigenvalue weighted by Crippen LogP contribution is -2.29. The molecule has 1 aromatic carbocycles. The van der Waals surface area contributed by atoms with Crippen molar-refractivity contribution in [3.63, 3.8) is 0 Å². The molecule has 0 fully saturated rings. The lowest BCUT2D eigenvalue weighted by molar-refractivity contribution is 0.443. The highest BCUT2D eigenvalue weighted by molar-refractivity contribution is 7.99. The number of benzene rings is 1. The fourth-order valence-electron chi connectivity index (χ4n) is 2.80. The van der Waals surface area contributed by atoms with Crippen molar-refractivity contribution in [1.82, 2.24) is 20.3 Å². The molecule has 0 aliphatic carbocycles. The summed E-state index contributed by atoms with van der Waals surface area (Å²) < 4.78 is 1.89. The summed E-state index contributed by atoms with van der Waals surface area (Å²) in [5, 5.41) is 11.8. The van der Waals surface area contributed by atoms with E-state index >= 15 is 0 Å². The van der Waals surface area contributed by atoms with Gasteiger partial charge in [-0.05, 0) is 24.6 Å². The minimum atomic E-state index is 0.283. The number of hydrogen-bond acceptors (Lipinski definition) is 4. The highest BCUT2D eigenvalue weighted by atomic mass is 32.2. The van der Waals surface area contributed by atoms with Crippen molar-refractivity contribution in [2.75, 3.05) is 12.3 Å². The lowest BCUT2D eigenvalue weighted by atomic mass is 9.91. The van der Waals surface area contributed by atoms with Crippen LogP contribution in [0.4, 0.5) is 0 Å². The van der Waals surface area contributed by atoms with Gasteiger partial charge in [0.25, 0.3) is 0 Å². The van der Waals surface area contributed by atoms with Gasteiger partial charge in [0.2, 0.25) is 0 Å². The zero-order chi connectivity index (χ0) is 13.9. The van der Waals surface area contributed by atoms with E-state index in [1.807, 2.05) is 29.7 Å². The zero-order valence-electron chi connectivity index (χ0n) is 11.9. The molecular weight excluding hydrogens is 268 g/mol. The van der Waals surface area contributed by atoms with Crippen LogP contribution in [0.25, 0.3) is 0 Å². The molecule has 1 aliphatic rings. The van der Waals surface area contributed by atoms with Crippen molar-refractivity contribution in [2.24, 2.45) is 7.05 Å². The molecule has 0 bridgehead atoms. The molecule has 5 heteroatoms. The van der Waals surface area contributed by atoms with E-state index in [0.717, 1.165) is 18.7 Å². The van der Waals surface area contributed by atoms with Crippen molar-refractivity contribution < 1.29 is 0 Å². The lowest BCUT2D eigenvalue weighted by Gasteiger charge is -2.25. The third-order valence-corrected chi connectivity index (χ3v) is 5.03. The van der Waals surface area contributed by atoms with Crippen LogP contribution in [0.1, 0.15) is 36.6 Å². The fraction of sp³-hybridized carbons (Fsp3) is 0.467. The minimum absolute atomic E-state index is 0.283. The Kier molecular flexibility index (Phi) is 4.08. The first-order valence-electron chi connectivity index (χ1n) is 7.11. The monoisotopic (exact) mass is 288 g/mol. The van der Waals surface area contributed by atoms with E-state index in [-0.39, 0.29) is 6.04 Å². The highest BCUT2D eigenvalue weighted by Gasteiger charge is 2.32. The summed E-state index contributed by atoms with van der Waals surface area (Å²) >= 11 is 1.95. The summed E-state index contributed by atoms with van der Waals surface area (Å²) in [5.74, 6) is 1.60. The summed E-state index contributed by atoms with van der Waals surface area (Å²) in [7, 11) is 1.97. The van der Waals surface area contributed by atoms with Crippen LogP contribution in [0.3, 0.4) is 0 Å². The third kappa shape index (κ3) is 2.47. The van der Waals surface area contributed by atoms with Crippen LogP contribution in [-0.2, 0) is 7.05 Å². The average Bonchev–Trinajstić information content (AvgIpc) is 3.07. The summed E-state index contributed by atoms with van der Waals surface area (Å²) in [6, 6.07) is 9.01. The van der Waals surface area contributed by atoms with Gasteiger partial charge >= 0.3 is 0 Å². The van der Waals surface area contributed by atoms with E-state index in [2.05, 4.69) is 46.8 Å². The van der Waals surface area contributed by atoms with Crippen molar-refractivity contribution in [2.45, 2.75) is 30.2 Å². The van der Waals surface area contributed by atoms with Gasteiger partial charge in [-0.3, -0.25) is 4.68 Å². The normalized spacial score (nSPS) is 19.0. The molecule has 0 saturated carbocycles. The van der Waals surface area contributed by atoms with Crippen molar-refractivity contribution in [3.05, 3.63) is 41.7 Å². The van der Waals surface area contributed by atoms with Crippen LogP contribution in [0.15, 0.2) is 35.4 Å². The zero-order valence-corrected chi connectivity index (χ0v) is 12.7. The van der Waals surface area contributed by atoms with E-state index < -0.39 is 0 Å². The third-order valence-electron chi connectivity index (χ3n) is 3.82. The van der Waals surface area contributed by atoms with Gasteiger partial charge in [0, 0.05) is 23.6 Å². The summed E-state index contributed by atoms with van der Waals surface area (Å²) in [6.45, 7) is 3.21. The number of nitrogens with one attached hydrogen (secondary N) is 1. The minimum Gasteiger partial charge on any atom is -0.308 e. The molecule has 2 aromatic rings. The molecule has 3 rings (SSSR count). The van der Waals surface area contributed by atoms with E-state index in [1.165, 1.54) is 16.2 Å². The number of rotatable bonds is 5. The Morgan fingerprint density at radius 2 is 2.30 bits per heavy atom. The first-order chi connectivity index (χ1) is 9.81. The van der Waals surface area contributed by atoms with Gasteiger partial charge in [0.15, 0.2) is 0 Å². The Bertz CT molecular complexity index is 581. The Morgan fingerprint density at radius 3 is 3.05 bits per heavy atom. The molecule has 1 N–H and O–H groups in total. The van der Waals surface area contributed by atoms with Gasteiger partial charge in [0.1, 0.15) is 0 Å². The van der Waals surface area contributed by atoms with Crippen LogP contribution in [-0.4, -0.2) is 27.3 Å². The molecule has 4 nitrogen and oxygen atoms in total. The van der Waals surface area contributed by atoms with Gasteiger partial charge in [0.05, 0.1) is 17.9 Å². The summed E-state index contributed by atoms with van der Waals surface area (Å²) in [6.07, 6.45) is 3.02. The molecule has 2 unspecified atom stereocenters. The highest BCUT2D eigenvalue weighted by Crippen LogP contribution is 2.45. The molecule has 20 heavy (non-hydrogen) atoms. The maximum Gasteiger partial charge on any atom is 0.0759 e.